The third kappa shape index (κ3) is 5.37. The Hall–Kier alpha value is -2.77. The molecule has 0 bridgehead atoms. The molecule has 1 aromatic carbocycles. The van der Waals surface area contributed by atoms with Crippen LogP contribution in [0.2, 0.25) is 0 Å². The van der Waals surface area contributed by atoms with Crippen molar-refractivity contribution in [1.82, 2.24) is 15.1 Å². The summed E-state index contributed by atoms with van der Waals surface area (Å²) in [5, 5.41) is 8.23. The quantitative estimate of drug-likeness (QED) is 0.677. The predicted molar refractivity (Wildman–Crippen MR) is 97.9 cm³/mol. The number of likely N-dealkylation sites (tertiary alicyclic amines) is 1. The number of hydrogen-bond donors (Lipinski definition) is 0. The zero-order valence-electron chi connectivity index (χ0n) is 15.9. The fourth-order valence-electron chi connectivity index (χ4n) is 3.29. The number of esters is 1. The molecule has 0 radical (unpaired) electrons. The molecule has 2 heterocycles. The summed E-state index contributed by atoms with van der Waals surface area (Å²) in [5.74, 6) is 0.252. The van der Waals surface area contributed by atoms with Crippen LogP contribution in [0, 0.1) is 5.82 Å². The van der Waals surface area contributed by atoms with Crippen LogP contribution in [-0.4, -0.2) is 46.7 Å². The van der Waals surface area contributed by atoms with Gasteiger partial charge < -0.3 is 14.1 Å². The first kappa shape index (κ1) is 20.0. The van der Waals surface area contributed by atoms with E-state index in [1.165, 1.54) is 12.1 Å². The minimum atomic E-state index is -0.355. The first-order valence-electron chi connectivity index (χ1n) is 9.55. The highest BCUT2D eigenvalue weighted by molar-refractivity contribution is 5.81. The molecule has 1 saturated heterocycles. The second-order valence-corrected chi connectivity index (χ2v) is 6.82. The molecule has 0 aliphatic carbocycles. The Kier molecular flexibility index (Phi) is 6.73. The Morgan fingerprint density at radius 1 is 1.25 bits per heavy atom. The van der Waals surface area contributed by atoms with Crippen LogP contribution in [0.3, 0.4) is 0 Å². The van der Waals surface area contributed by atoms with Gasteiger partial charge in [-0.3, -0.25) is 9.59 Å². The number of aromatic nitrogens is 2. The molecule has 1 fully saturated rings. The van der Waals surface area contributed by atoms with Gasteiger partial charge in [-0.1, -0.05) is 12.1 Å². The lowest BCUT2D eigenvalue weighted by atomic mass is 9.97. The number of halogens is 1. The zero-order valence-corrected chi connectivity index (χ0v) is 15.9. The molecule has 150 valence electrons. The summed E-state index contributed by atoms with van der Waals surface area (Å²) in [6.07, 6.45) is 2.37. The normalized spacial score (nSPS) is 16.8. The van der Waals surface area contributed by atoms with Crippen LogP contribution < -0.4 is 0 Å². The zero-order chi connectivity index (χ0) is 19.9. The molecule has 2 aromatic rings. The van der Waals surface area contributed by atoms with Gasteiger partial charge in [0.1, 0.15) is 5.82 Å². The van der Waals surface area contributed by atoms with E-state index in [-0.39, 0.29) is 36.5 Å². The average Bonchev–Trinajstić information content (AvgIpc) is 3.17. The molecular weight excluding hydrogens is 365 g/mol. The van der Waals surface area contributed by atoms with Gasteiger partial charge in [0.05, 0.1) is 25.4 Å². The molecule has 1 aliphatic rings. The third-order valence-electron chi connectivity index (χ3n) is 4.72. The molecule has 0 N–H and O–H groups in total. The van der Waals surface area contributed by atoms with Crippen molar-refractivity contribution in [1.29, 1.82) is 0 Å². The Morgan fingerprint density at radius 3 is 2.79 bits per heavy atom. The van der Waals surface area contributed by atoms with Crippen LogP contribution >= 0.6 is 0 Å². The Labute approximate surface area is 162 Å². The van der Waals surface area contributed by atoms with Crippen molar-refractivity contribution in [3.8, 4) is 0 Å². The van der Waals surface area contributed by atoms with E-state index in [2.05, 4.69) is 10.2 Å². The maximum atomic E-state index is 13.0. The van der Waals surface area contributed by atoms with E-state index in [0.717, 1.165) is 18.4 Å². The lowest BCUT2D eigenvalue weighted by Crippen LogP contribution is -2.39. The van der Waals surface area contributed by atoms with Crippen molar-refractivity contribution < 1.29 is 23.1 Å². The van der Waals surface area contributed by atoms with E-state index in [1.807, 2.05) is 0 Å². The van der Waals surface area contributed by atoms with Gasteiger partial charge in [0, 0.05) is 19.5 Å². The molecule has 1 atom stereocenters. The fraction of sp³-hybridized carbons (Fsp3) is 0.500. The van der Waals surface area contributed by atoms with Crippen LogP contribution in [0.1, 0.15) is 55.9 Å². The molecule has 1 aliphatic heterocycles. The van der Waals surface area contributed by atoms with Gasteiger partial charge in [-0.05, 0) is 37.5 Å². The molecule has 0 spiro atoms. The van der Waals surface area contributed by atoms with Gasteiger partial charge in [-0.15, -0.1) is 10.2 Å². The van der Waals surface area contributed by atoms with Crippen molar-refractivity contribution in [3.05, 3.63) is 47.4 Å². The number of rotatable bonds is 7. The summed E-state index contributed by atoms with van der Waals surface area (Å²) < 4.78 is 23.7. The minimum Gasteiger partial charge on any atom is -0.466 e. The first-order chi connectivity index (χ1) is 13.5. The topological polar surface area (TPSA) is 85.5 Å². The highest BCUT2D eigenvalue weighted by atomic mass is 19.1. The lowest BCUT2D eigenvalue weighted by molar-refractivity contribution is -0.146. The first-order valence-corrected chi connectivity index (χ1v) is 9.55. The summed E-state index contributed by atoms with van der Waals surface area (Å²) in [6.45, 7) is 3.22. The summed E-state index contributed by atoms with van der Waals surface area (Å²) in [7, 11) is 0. The van der Waals surface area contributed by atoms with Crippen LogP contribution in [0.5, 0.6) is 0 Å². The van der Waals surface area contributed by atoms with Crippen molar-refractivity contribution in [2.24, 2.45) is 0 Å². The summed E-state index contributed by atoms with van der Waals surface area (Å²) in [4.78, 5) is 25.6. The number of ether oxygens (including phenoxy) is 1. The molecule has 0 saturated carbocycles. The number of nitrogens with zero attached hydrogens (tertiary/aromatic N) is 3. The molecule has 1 aromatic heterocycles. The number of piperidine rings is 1. The number of hydrogen-bond acceptors (Lipinski definition) is 6. The summed E-state index contributed by atoms with van der Waals surface area (Å²) >= 11 is 0. The van der Waals surface area contributed by atoms with Gasteiger partial charge in [-0.2, -0.15) is 0 Å². The van der Waals surface area contributed by atoms with Crippen LogP contribution in [-0.2, 0) is 20.7 Å². The standard InChI is InChI=1S/C20H24FN3O4/c1-2-27-19(26)10-9-18(25)24-11-3-4-15(13-24)20-23-22-17(28-20)12-14-5-7-16(21)8-6-14/h5-8,15H,2-4,9-13H2,1H3/t15-/m1/s1. The minimum absolute atomic E-state index is 0.0187. The number of carbonyl (C=O) groups is 2. The van der Waals surface area contributed by atoms with E-state index < -0.39 is 0 Å². The number of carbonyl (C=O) groups excluding carboxylic acids is 2. The predicted octanol–water partition coefficient (Wildman–Crippen LogP) is 2.85. The van der Waals surface area contributed by atoms with Gasteiger partial charge in [0.25, 0.3) is 0 Å². The lowest BCUT2D eigenvalue weighted by Gasteiger charge is -2.31. The maximum absolute atomic E-state index is 13.0. The van der Waals surface area contributed by atoms with E-state index in [0.29, 0.717) is 37.9 Å². The molecule has 3 rings (SSSR count). The highest BCUT2D eigenvalue weighted by Crippen LogP contribution is 2.27. The van der Waals surface area contributed by atoms with Gasteiger partial charge in [0.15, 0.2) is 0 Å². The van der Waals surface area contributed by atoms with Crippen LogP contribution in [0.25, 0.3) is 0 Å². The van der Waals surface area contributed by atoms with Gasteiger partial charge >= 0.3 is 5.97 Å². The van der Waals surface area contributed by atoms with Gasteiger partial charge in [-0.25, -0.2) is 4.39 Å². The van der Waals surface area contributed by atoms with Gasteiger partial charge in [0.2, 0.25) is 17.7 Å². The fourth-order valence-corrected chi connectivity index (χ4v) is 3.29. The SMILES string of the molecule is CCOC(=O)CCC(=O)N1CCC[C@@H](c2nnc(Cc3ccc(F)cc3)o2)C1. The summed E-state index contributed by atoms with van der Waals surface area (Å²) in [6, 6.07) is 6.16. The molecule has 28 heavy (non-hydrogen) atoms. The second kappa shape index (κ2) is 9.43. The van der Waals surface area contributed by atoms with Crippen molar-refractivity contribution >= 4 is 11.9 Å². The van der Waals surface area contributed by atoms with Crippen LogP contribution in [0.4, 0.5) is 4.39 Å². The van der Waals surface area contributed by atoms with Crippen LogP contribution in [0.15, 0.2) is 28.7 Å². The van der Waals surface area contributed by atoms with E-state index in [9.17, 15) is 14.0 Å². The molecule has 8 heteroatoms. The van der Waals surface area contributed by atoms with E-state index in [4.69, 9.17) is 9.15 Å². The Balaban J connectivity index is 1.55. The monoisotopic (exact) mass is 389 g/mol. The van der Waals surface area contributed by atoms with Crippen molar-refractivity contribution in [2.75, 3.05) is 19.7 Å². The Bertz CT molecular complexity index is 806. The molecular formula is C20H24FN3O4. The average molecular weight is 389 g/mol. The summed E-state index contributed by atoms with van der Waals surface area (Å²) in [5.41, 5.74) is 0.885. The number of benzene rings is 1. The highest BCUT2D eigenvalue weighted by Gasteiger charge is 2.28. The van der Waals surface area contributed by atoms with Crippen molar-refractivity contribution in [3.63, 3.8) is 0 Å². The second-order valence-electron chi connectivity index (χ2n) is 6.82. The molecule has 7 nitrogen and oxygen atoms in total. The largest absolute Gasteiger partial charge is 0.466 e. The smallest absolute Gasteiger partial charge is 0.306 e. The molecule has 0 unspecified atom stereocenters. The van der Waals surface area contributed by atoms with E-state index in [1.54, 1.807) is 24.0 Å². The van der Waals surface area contributed by atoms with E-state index >= 15 is 0 Å². The maximum Gasteiger partial charge on any atom is 0.306 e. The van der Waals surface area contributed by atoms with Crippen molar-refractivity contribution in [2.45, 2.75) is 44.9 Å². The third-order valence-corrected chi connectivity index (χ3v) is 4.72. The number of amides is 1. The Morgan fingerprint density at radius 2 is 2.04 bits per heavy atom. The molecule has 1 amide bonds.